The van der Waals surface area contributed by atoms with Gasteiger partial charge in [0.15, 0.2) is 11.6 Å². The molecular formula is C17H25N5. The maximum Gasteiger partial charge on any atom is 0.159 e. The van der Waals surface area contributed by atoms with Crippen molar-refractivity contribution in [2.75, 3.05) is 22.9 Å². The molecule has 0 bridgehead atoms. The number of rotatable bonds is 7. The van der Waals surface area contributed by atoms with Crippen molar-refractivity contribution >= 4 is 23.0 Å². The number of hydrogen-bond donors (Lipinski definition) is 3. The molecule has 22 heavy (non-hydrogen) atoms. The van der Waals surface area contributed by atoms with Crippen LogP contribution >= 0.6 is 0 Å². The van der Waals surface area contributed by atoms with E-state index in [0.29, 0.717) is 23.2 Å². The number of hydrogen-bond acceptors (Lipinski definition) is 5. The second kappa shape index (κ2) is 7.64. The zero-order valence-corrected chi connectivity index (χ0v) is 13.6. The van der Waals surface area contributed by atoms with Gasteiger partial charge in [0, 0.05) is 12.2 Å². The highest BCUT2D eigenvalue weighted by molar-refractivity contribution is 5.78. The molecule has 1 heterocycles. The van der Waals surface area contributed by atoms with Gasteiger partial charge in [-0.05, 0) is 30.4 Å². The summed E-state index contributed by atoms with van der Waals surface area (Å²) in [5, 5.41) is 6.60. The summed E-state index contributed by atoms with van der Waals surface area (Å²) in [5.74, 6) is 1.97. The van der Waals surface area contributed by atoms with Gasteiger partial charge < -0.3 is 16.4 Å². The number of aromatic nitrogens is 2. The van der Waals surface area contributed by atoms with E-state index in [1.54, 1.807) is 0 Å². The molecule has 0 saturated carbocycles. The lowest BCUT2D eigenvalue weighted by Crippen LogP contribution is -2.10. The van der Waals surface area contributed by atoms with Crippen molar-refractivity contribution in [3.63, 3.8) is 0 Å². The summed E-state index contributed by atoms with van der Waals surface area (Å²) in [4.78, 5) is 8.50. The summed E-state index contributed by atoms with van der Waals surface area (Å²) in [6, 6.07) is 8.17. The van der Waals surface area contributed by atoms with Crippen molar-refractivity contribution in [3.05, 3.63) is 36.2 Å². The Morgan fingerprint density at radius 3 is 2.59 bits per heavy atom. The van der Waals surface area contributed by atoms with Gasteiger partial charge in [0.2, 0.25) is 0 Å². The molecule has 1 aromatic heterocycles. The van der Waals surface area contributed by atoms with Gasteiger partial charge in [0.1, 0.15) is 12.0 Å². The van der Waals surface area contributed by atoms with Gasteiger partial charge in [-0.3, -0.25) is 0 Å². The summed E-state index contributed by atoms with van der Waals surface area (Å²) in [6.07, 6.45) is 3.56. The molecule has 5 heteroatoms. The fraction of sp³-hybridized carbons (Fsp3) is 0.412. The Morgan fingerprint density at radius 1 is 1.14 bits per heavy atom. The first-order valence-corrected chi connectivity index (χ1v) is 7.81. The van der Waals surface area contributed by atoms with E-state index in [1.807, 2.05) is 18.2 Å². The highest BCUT2D eigenvalue weighted by Gasteiger charge is 2.09. The van der Waals surface area contributed by atoms with Crippen molar-refractivity contribution in [1.29, 1.82) is 0 Å². The number of para-hydroxylation sites is 1. The number of aryl methyl sites for hydroxylation is 1. The Kier molecular flexibility index (Phi) is 5.58. The van der Waals surface area contributed by atoms with Crippen LogP contribution in [0.15, 0.2) is 30.6 Å². The third-order valence-corrected chi connectivity index (χ3v) is 3.55. The Balaban J connectivity index is 2.14. The molecule has 0 aliphatic rings. The maximum absolute atomic E-state index is 6.19. The average molecular weight is 299 g/mol. The van der Waals surface area contributed by atoms with Crippen LogP contribution in [0.3, 0.4) is 0 Å². The fourth-order valence-electron chi connectivity index (χ4n) is 2.19. The van der Waals surface area contributed by atoms with Gasteiger partial charge in [0.05, 0.1) is 0 Å². The molecule has 0 spiro atoms. The minimum Gasteiger partial charge on any atom is -0.393 e. The molecule has 0 radical (unpaired) electrons. The van der Waals surface area contributed by atoms with E-state index < -0.39 is 0 Å². The summed E-state index contributed by atoms with van der Waals surface area (Å²) in [7, 11) is 0. The van der Waals surface area contributed by atoms with E-state index in [9.17, 15) is 0 Å². The Morgan fingerprint density at radius 2 is 1.86 bits per heavy atom. The summed E-state index contributed by atoms with van der Waals surface area (Å²) >= 11 is 0. The van der Waals surface area contributed by atoms with E-state index in [2.05, 4.69) is 47.4 Å². The van der Waals surface area contributed by atoms with Gasteiger partial charge in [-0.25, -0.2) is 9.97 Å². The average Bonchev–Trinajstić information content (AvgIpc) is 2.51. The van der Waals surface area contributed by atoms with Gasteiger partial charge in [-0.1, -0.05) is 39.0 Å². The van der Waals surface area contributed by atoms with Crippen LogP contribution in [-0.4, -0.2) is 16.5 Å². The predicted molar refractivity (Wildman–Crippen MR) is 93.5 cm³/mol. The van der Waals surface area contributed by atoms with Gasteiger partial charge in [0.25, 0.3) is 0 Å². The van der Waals surface area contributed by atoms with Gasteiger partial charge in [-0.15, -0.1) is 0 Å². The standard InChI is InChI=1S/C17H25N5/c1-4-13-7-5-6-8-14(13)22-17-15(18)16(20-11-21-17)19-10-9-12(2)3/h5-8,11-12H,4,9-10,18H2,1-3H3,(H2,19,20,21,22). The molecule has 2 aromatic rings. The number of nitrogens with one attached hydrogen (secondary N) is 2. The van der Waals surface area contributed by atoms with E-state index in [0.717, 1.165) is 25.1 Å². The Bertz CT molecular complexity index is 610. The van der Waals surface area contributed by atoms with Crippen molar-refractivity contribution in [3.8, 4) is 0 Å². The smallest absolute Gasteiger partial charge is 0.159 e. The third kappa shape index (κ3) is 4.10. The van der Waals surface area contributed by atoms with Crippen LogP contribution in [0.2, 0.25) is 0 Å². The summed E-state index contributed by atoms with van der Waals surface area (Å²) in [5.41, 5.74) is 9.00. The van der Waals surface area contributed by atoms with Crippen LogP contribution in [-0.2, 0) is 6.42 Å². The SMILES string of the molecule is CCc1ccccc1Nc1ncnc(NCCC(C)C)c1N. The monoisotopic (exact) mass is 299 g/mol. The number of anilines is 4. The lowest BCUT2D eigenvalue weighted by Gasteiger charge is -2.14. The zero-order chi connectivity index (χ0) is 15.9. The first-order valence-electron chi connectivity index (χ1n) is 7.81. The minimum absolute atomic E-state index is 0.553. The van der Waals surface area contributed by atoms with Gasteiger partial charge >= 0.3 is 0 Å². The molecule has 0 saturated heterocycles. The summed E-state index contributed by atoms with van der Waals surface area (Å²) in [6.45, 7) is 7.37. The maximum atomic E-state index is 6.19. The van der Waals surface area contributed by atoms with E-state index in [4.69, 9.17) is 5.73 Å². The van der Waals surface area contributed by atoms with E-state index >= 15 is 0 Å². The van der Waals surface area contributed by atoms with Crippen LogP contribution in [0.5, 0.6) is 0 Å². The molecule has 118 valence electrons. The van der Waals surface area contributed by atoms with Crippen LogP contribution in [0.4, 0.5) is 23.0 Å². The van der Waals surface area contributed by atoms with Crippen LogP contribution in [0.25, 0.3) is 0 Å². The van der Waals surface area contributed by atoms with Gasteiger partial charge in [-0.2, -0.15) is 0 Å². The molecule has 0 amide bonds. The van der Waals surface area contributed by atoms with E-state index in [-0.39, 0.29) is 0 Å². The highest BCUT2D eigenvalue weighted by atomic mass is 15.1. The summed E-state index contributed by atoms with van der Waals surface area (Å²) < 4.78 is 0. The lowest BCUT2D eigenvalue weighted by molar-refractivity contribution is 0.606. The van der Waals surface area contributed by atoms with Crippen LogP contribution in [0.1, 0.15) is 32.8 Å². The fourth-order valence-corrected chi connectivity index (χ4v) is 2.19. The third-order valence-electron chi connectivity index (χ3n) is 3.55. The highest BCUT2D eigenvalue weighted by Crippen LogP contribution is 2.27. The Hall–Kier alpha value is -2.30. The number of nitrogen functional groups attached to an aromatic ring is 1. The van der Waals surface area contributed by atoms with E-state index in [1.165, 1.54) is 11.9 Å². The molecule has 0 aliphatic heterocycles. The molecule has 5 nitrogen and oxygen atoms in total. The zero-order valence-electron chi connectivity index (χ0n) is 13.6. The molecule has 4 N–H and O–H groups in total. The number of benzene rings is 1. The van der Waals surface area contributed by atoms with Crippen molar-refractivity contribution in [1.82, 2.24) is 9.97 Å². The molecular weight excluding hydrogens is 274 g/mol. The van der Waals surface area contributed by atoms with Crippen molar-refractivity contribution < 1.29 is 0 Å². The predicted octanol–water partition coefficient (Wildman–Crippen LogP) is 3.82. The lowest BCUT2D eigenvalue weighted by atomic mass is 10.1. The molecule has 0 unspecified atom stereocenters. The second-order valence-corrected chi connectivity index (χ2v) is 5.73. The number of nitrogens with two attached hydrogens (primary N) is 1. The first kappa shape index (κ1) is 16.1. The Labute approximate surface area is 132 Å². The normalized spacial score (nSPS) is 10.7. The quantitative estimate of drug-likeness (QED) is 0.724. The first-order chi connectivity index (χ1) is 10.6. The molecule has 0 atom stereocenters. The van der Waals surface area contributed by atoms with Crippen molar-refractivity contribution in [2.45, 2.75) is 33.6 Å². The van der Waals surface area contributed by atoms with Crippen LogP contribution in [0, 0.1) is 5.92 Å². The van der Waals surface area contributed by atoms with Crippen LogP contribution < -0.4 is 16.4 Å². The second-order valence-electron chi connectivity index (χ2n) is 5.73. The largest absolute Gasteiger partial charge is 0.393 e. The molecule has 1 aromatic carbocycles. The number of nitrogens with zero attached hydrogens (tertiary/aromatic N) is 2. The van der Waals surface area contributed by atoms with Crippen molar-refractivity contribution in [2.24, 2.45) is 5.92 Å². The molecule has 0 fully saturated rings. The molecule has 2 rings (SSSR count). The molecule has 0 aliphatic carbocycles. The topological polar surface area (TPSA) is 75.9 Å². The minimum atomic E-state index is 0.553.